The average Bonchev–Trinajstić information content (AvgIpc) is 2.67. The quantitative estimate of drug-likeness (QED) is 0.396. The van der Waals surface area contributed by atoms with E-state index < -0.39 is 27.3 Å². The zero-order chi connectivity index (χ0) is 22.9. The molecular weight excluding hydrogens is 542 g/mol. The number of rotatable bonds is 6. The average molecular weight is 558 g/mol. The first kappa shape index (κ1) is 22.7. The standard InChI is InChI=1S/C19H16FIN4O5S/c1-25-16(26)9-15(30-11-3-2-4-12(8-11)31(23,28)29)17(18(22)27)19(25)24-14-6-5-10(21)7-13(14)20/h2-9,24H,1H3,(H2,22,27)(H2,23,28,29). The third-order valence-electron chi connectivity index (χ3n) is 4.20. The summed E-state index contributed by atoms with van der Waals surface area (Å²) >= 11 is 1.94. The number of aromatic nitrogens is 1. The lowest BCUT2D eigenvalue weighted by molar-refractivity contribution is 0.0998. The molecule has 0 aliphatic rings. The molecule has 3 rings (SSSR count). The van der Waals surface area contributed by atoms with Crippen molar-refractivity contribution in [3.8, 4) is 11.5 Å². The van der Waals surface area contributed by atoms with E-state index in [4.69, 9.17) is 15.6 Å². The smallest absolute Gasteiger partial charge is 0.256 e. The predicted octanol–water partition coefficient (Wildman–Crippen LogP) is 2.41. The Morgan fingerprint density at radius 3 is 2.52 bits per heavy atom. The molecule has 0 unspecified atom stereocenters. The number of halogens is 2. The van der Waals surface area contributed by atoms with Gasteiger partial charge in [-0.3, -0.25) is 14.2 Å². The van der Waals surface area contributed by atoms with Crippen molar-refractivity contribution < 1.29 is 22.3 Å². The number of nitrogens with one attached hydrogen (secondary N) is 1. The van der Waals surface area contributed by atoms with Crippen molar-refractivity contribution in [2.45, 2.75) is 4.90 Å². The molecule has 1 amide bonds. The molecule has 0 aliphatic carbocycles. The van der Waals surface area contributed by atoms with E-state index in [0.29, 0.717) is 3.57 Å². The van der Waals surface area contributed by atoms with Crippen molar-refractivity contribution in [1.29, 1.82) is 0 Å². The number of pyridine rings is 1. The first-order valence-corrected chi connectivity index (χ1v) is 11.2. The maximum absolute atomic E-state index is 14.3. The highest BCUT2D eigenvalue weighted by Gasteiger charge is 2.22. The monoisotopic (exact) mass is 558 g/mol. The molecular formula is C19H16FIN4O5S. The van der Waals surface area contributed by atoms with E-state index in [2.05, 4.69) is 5.32 Å². The fourth-order valence-corrected chi connectivity index (χ4v) is 3.70. The van der Waals surface area contributed by atoms with Crippen LogP contribution in [0.3, 0.4) is 0 Å². The number of hydrogen-bond donors (Lipinski definition) is 3. The molecule has 12 heteroatoms. The summed E-state index contributed by atoms with van der Waals surface area (Å²) in [5, 5.41) is 7.83. The van der Waals surface area contributed by atoms with E-state index in [-0.39, 0.29) is 33.5 Å². The van der Waals surface area contributed by atoms with Crippen LogP contribution in [0, 0.1) is 9.39 Å². The van der Waals surface area contributed by atoms with Gasteiger partial charge in [0, 0.05) is 22.8 Å². The molecule has 0 saturated carbocycles. The number of primary sulfonamides is 1. The van der Waals surface area contributed by atoms with Crippen LogP contribution in [-0.2, 0) is 17.1 Å². The Kier molecular flexibility index (Phi) is 6.33. The Bertz CT molecular complexity index is 1360. The van der Waals surface area contributed by atoms with E-state index in [1.54, 1.807) is 6.07 Å². The molecule has 0 aliphatic heterocycles. The highest BCUT2D eigenvalue weighted by molar-refractivity contribution is 14.1. The van der Waals surface area contributed by atoms with Gasteiger partial charge in [-0.05, 0) is 52.9 Å². The molecule has 31 heavy (non-hydrogen) atoms. The van der Waals surface area contributed by atoms with Crippen molar-refractivity contribution >= 4 is 50.0 Å². The minimum absolute atomic E-state index is 0.00582. The van der Waals surface area contributed by atoms with Gasteiger partial charge in [-0.2, -0.15) is 0 Å². The molecule has 0 saturated heterocycles. The number of benzene rings is 2. The van der Waals surface area contributed by atoms with Gasteiger partial charge in [-0.25, -0.2) is 17.9 Å². The highest BCUT2D eigenvalue weighted by Crippen LogP contribution is 2.32. The Labute approximate surface area is 190 Å². The molecule has 0 fully saturated rings. The number of hydrogen-bond acceptors (Lipinski definition) is 6. The van der Waals surface area contributed by atoms with E-state index in [9.17, 15) is 22.4 Å². The van der Waals surface area contributed by atoms with Crippen LogP contribution in [0.2, 0.25) is 0 Å². The lowest BCUT2D eigenvalue weighted by atomic mass is 10.2. The second-order valence-electron chi connectivity index (χ2n) is 6.36. The fourth-order valence-electron chi connectivity index (χ4n) is 2.70. The molecule has 0 spiro atoms. The van der Waals surface area contributed by atoms with Crippen LogP contribution >= 0.6 is 22.6 Å². The minimum atomic E-state index is -4.01. The molecule has 162 valence electrons. The largest absolute Gasteiger partial charge is 0.456 e. The second-order valence-corrected chi connectivity index (χ2v) is 9.17. The van der Waals surface area contributed by atoms with Gasteiger partial charge < -0.3 is 15.8 Å². The summed E-state index contributed by atoms with van der Waals surface area (Å²) in [4.78, 5) is 24.5. The lowest BCUT2D eigenvalue weighted by Gasteiger charge is -2.18. The lowest BCUT2D eigenvalue weighted by Crippen LogP contribution is -2.25. The van der Waals surface area contributed by atoms with Crippen molar-refractivity contribution in [2.24, 2.45) is 17.9 Å². The van der Waals surface area contributed by atoms with Gasteiger partial charge >= 0.3 is 0 Å². The number of carbonyl (C=O) groups excluding carboxylic acids is 1. The number of anilines is 2. The van der Waals surface area contributed by atoms with Gasteiger partial charge in [0.05, 0.1) is 10.6 Å². The van der Waals surface area contributed by atoms with E-state index >= 15 is 0 Å². The molecule has 2 aromatic carbocycles. The van der Waals surface area contributed by atoms with Crippen molar-refractivity contribution in [3.05, 3.63) is 73.8 Å². The Balaban J connectivity index is 2.14. The predicted molar refractivity (Wildman–Crippen MR) is 120 cm³/mol. The van der Waals surface area contributed by atoms with Crippen LogP contribution in [0.25, 0.3) is 0 Å². The zero-order valence-electron chi connectivity index (χ0n) is 15.9. The SMILES string of the molecule is Cn1c(Nc2ccc(I)cc2F)c(C(N)=O)c(Oc2cccc(S(N)(=O)=O)c2)cc1=O. The van der Waals surface area contributed by atoms with Crippen molar-refractivity contribution in [3.63, 3.8) is 0 Å². The number of ether oxygens (including phenoxy) is 1. The van der Waals surface area contributed by atoms with Gasteiger partial charge in [-0.15, -0.1) is 0 Å². The maximum Gasteiger partial charge on any atom is 0.256 e. The van der Waals surface area contributed by atoms with Gasteiger partial charge in [-0.1, -0.05) is 6.07 Å². The van der Waals surface area contributed by atoms with Crippen LogP contribution in [-0.4, -0.2) is 18.9 Å². The van der Waals surface area contributed by atoms with Gasteiger partial charge in [0.15, 0.2) is 0 Å². The van der Waals surface area contributed by atoms with Crippen LogP contribution in [0.1, 0.15) is 10.4 Å². The summed E-state index contributed by atoms with van der Waals surface area (Å²) in [6.45, 7) is 0. The Morgan fingerprint density at radius 1 is 1.19 bits per heavy atom. The molecule has 1 heterocycles. The minimum Gasteiger partial charge on any atom is -0.456 e. The first-order valence-electron chi connectivity index (χ1n) is 8.54. The van der Waals surface area contributed by atoms with Gasteiger partial charge in [0.2, 0.25) is 10.0 Å². The van der Waals surface area contributed by atoms with Gasteiger partial charge in [0.1, 0.15) is 28.7 Å². The van der Waals surface area contributed by atoms with Crippen molar-refractivity contribution in [2.75, 3.05) is 5.32 Å². The topological polar surface area (TPSA) is 147 Å². The molecule has 0 radical (unpaired) electrons. The van der Waals surface area contributed by atoms with E-state index in [0.717, 1.165) is 16.7 Å². The third kappa shape index (κ3) is 5.03. The number of nitrogens with zero attached hydrogens (tertiary/aromatic N) is 1. The van der Waals surface area contributed by atoms with E-state index in [1.165, 1.54) is 37.4 Å². The first-order chi connectivity index (χ1) is 14.5. The number of nitrogens with two attached hydrogens (primary N) is 2. The number of primary amides is 1. The number of sulfonamides is 1. The summed E-state index contributed by atoms with van der Waals surface area (Å²) < 4.78 is 44.8. The zero-order valence-corrected chi connectivity index (χ0v) is 18.9. The molecule has 1 aromatic heterocycles. The van der Waals surface area contributed by atoms with Crippen LogP contribution < -0.4 is 26.5 Å². The molecule has 9 nitrogen and oxygen atoms in total. The molecule has 0 bridgehead atoms. The third-order valence-corrected chi connectivity index (χ3v) is 5.78. The Hall–Kier alpha value is -2.97. The summed E-state index contributed by atoms with van der Waals surface area (Å²) in [7, 11) is -2.64. The highest BCUT2D eigenvalue weighted by atomic mass is 127. The number of carbonyl (C=O) groups is 1. The van der Waals surface area contributed by atoms with Crippen LogP contribution in [0.4, 0.5) is 15.9 Å². The Morgan fingerprint density at radius 2 is 1.90 bits per heavy atom. The molecule has 3 aromatic rings. The normalized spacial score (nSPS) is 11.2. The second kappa shape index (κ2) is 8.64. The molecule has 0 atom stereocenters. The van der Waals surface area contributed by atoms with Crippen LogP contribution in [0.5, 0.6) is 11.5 Å². The van der Waals surface area contributed by atoms with Crippen LogP contribution in [0.15, 0.2) is 58.2 Å². The van der Waals surface area contributed by atoms with Crippen molar-refractivity contribution in [1.82, 2.24) is 4.57 Å². The molecule has 5 N–H and O–H groups in total. The maximum atomic E-state index is 14.3. The summed E-state index contributed by atoms with van der Waals surface area (Å²) in [6.07, 6.45) is 0. The fraction of sp³-hybridized carbons (Fsp3) is 0.0526. The van der Waals surface area contributed by atoms with Gasteiger partial charge in [0.25, 0.3) is 11.5 Å². The van der Waals surface area contributed by atoms with E-state index in [1.807, 2.05) is 22.6 Å². The number of amides is 1. The summed E-state index contributed by atoms with van der Waals surface area (Å²) in [5.41, 5.74) is 4.70. The summed E-state index contributed by atoms with van der Waals surface area (Å²) in [6, 6.07) is 10.5. The summed E-state index contributed by atoms with van der Waals surface area (Å²) in [5.74, 6) is -1.91.